The molecule has 1 saturated heterocycles. The molecule has 0 radical (unpaired) electrons. The number of hydrogen-bond acceptors (Lipinski definition) is 2. The molecule has 3 heteroatoms. The van der Waals surface area contributed by atoms with Crippen LogP contribution in [0, 0.1) is 17.8 Å². The van der Waals surface area contributed by atoms with Gasteiger partial charge in [-0.3, -0.25) is 14.5 Å². The van der Waals surface area contributed by atoms with Crippen LogP contribution in [-0.4, -0.2) is 11.8 Å². The number of rotatable bonds is 3. The third kappa shape index (κ3) is 1.94. The molecule has 1 aliphatic heterocycles. The van der Waals surface area contributed by atoms with Crippen molar-refractivity contribution in [3.63, 3.8) is 0 Å². The smallest absolute Gasteiger partial charge is 0.237 e. The van der Waals surface area contributed by atoms with Crippen molar-refractivity contribution in [2.24, 2.45) is 17.8 Å². The first-order valence-corrected chi connectivity index (χ1v) is 6.50. The van der Waals surface area contributed by atoms with E-state index < -0.39 is 0 Å². The van der Waals surface area contributed by atoms with Crippen molar-refractivity contribution in [3.05, 3.63) is 30.3 Å². The molecular formula is C15H19NO2. The minimum absolute atomic E-state index is 0.0481. The maximum absolute atomic E-state index is 12.4. The third-order valence-electron chi connectivity index (χ3n) is 3.65. The van der Waals surface area contributed by atoms with Crippen LogP contribution in [-0.2, 0) is 9.59 Å². The highest BCUT2D eigenvalue weighted by atomic mass is 16.2. The monoisotopic (exact) mass is 245 g/mol. The van der Waals surface area contributed by atoms with Crippen LogP contribution in [0.2, 0.25) is 0 Å². The Balaban J connectivity index is 2.39. The molecule has 1 heterocycles. The molecule has 0 bridgehead atoms. The van der Waals surface area contributed by atoms with E-state index in [1.165, 1.54) is 4.90 Å². The van der Waals surface area contributed by atoms with Crippen molar-refractivity contribution in [2.75, 3.05) is 4.90 Å². The predicted octanol–water partition coefficient (Wildman–Crippen LogP) is 2.86. The summed E-state index contributed by atoms with van der Waals surface area (Å²) < 4.78 is 0. The van der Waals surface area contributed by atoms with Gasteiger partial charge in [0.05, 0.1) is 17.5 Å². The molecule has 0 aromatic heterocycles. The lowest BCUT2D eigenvalue weighted by atomic mass is 9.84. The highest BCUT2D eigenvalue weighted by molar-refractivity contribution is 6.22. The van der Waals surface area contributed by atoms with Gasteiger partial charge in [-0.15, -0.1) is 0 Å². The number of anilines is 1. The van der Waals surface area contributed by atoms with E-state index >= 15 is 0 Å². The molecule has 0 saturated carbocycles. The highest BCUT2D eigenvalue weighted by Gasteiger charge is 2.48. The number of imide groups is 1. The van der Waals surface area contributed by atoms with Gasteiger partial charge in [0.2, 0.25) is 11.8 Å². The summed E-state index contributed by atoms with van der Waals surface area (Å²) in [5.41, 5.74) is 0.689. The Morgan fingerprint density at radius 1 is 1.11 bits per heavy atom. The van der Waals surface area contributed by atoms with Gasteiger partial charge in [-0.25, -0.2) is 0 Å². The molecule has 0 aliphatic carbocycles. The van der Waals surface area contributed by atoms with Crippen LogP contribution in [0.5, 0.6) is 0 Å². The predicted molar refractivity (Wildman–Crippen MR) is 71.0 cm³/mol. The summed E-state index contributed by atoms with van der Waals surface area (Å²) in [4.78, 5) is 26.2. The Bertz CT molecular complexity index is 453. The molecular weight excluding hydrogens is 226 g/mol. The lowest BCUT2D eigenvalue weighted by Crippen LogP contribution is -2.31. The zero-order chi connectivity index (χ0) is 13.3. The van der Waals surface area contributed by atoms with E-state index in [-0.39, 0.29) is 29.6 Å². The molecule has 0 N–H and O–H groups in total. The summed E-state index contributed by atoms with van der Waals surface area (Å²) in [5.74, 6) is -0.249. The van der Waals surface area contributed by atoms with Crippen LogP contribution in [0.3, 0.4) is 0 Å². The number of amides is 2. The second-order valence-corrected chi connectivity index (χ2v) is 5.13. The zero-order valence-corrected chi connectivity index (χ0v) is 11.1. The fourth-order valence-corrected chi connectivity index (χ4v) is 2.76. The molecule has 18 heavy (non-hydrogen) atoms. The van der Waals surface area contributed by atoms with Crippen LogP contribution in [0.1, 0.15) is 27.2 Å². The van der Waals surface area contributed by atoms with Crippen molar-refractivity contribution in [1.29, 1.82) is 0 Å². The number of carbonyl (C=O) groups is 2. The van der Waals surface area contributed by atoms with Gasteiger partial charge in [0.25, 0.3) is 0 Å². The van der Waals surface area contributed by atoms with Crippen LogP contribution >= 0.6 is 0 Å². The van der Waals surface area contributed by atoms with Crippen molar-refractivity contribution in [2.45, 2.75) is 27.2 Å². The molecule has 2 rings (SSSR count). The molecule has 3 nitrogen and oxygen atoms in total. The first kappa shape index (κ1) is 12.8. The molecule has 2 atom stereocenters. The van der Waals surface area contributed by atoms with Crippen molar-refractivity contribution < 1.29 is 9.59 Å². The van der Waals surface area contributed by atoms with E-state index in [4.69, 9.17) is 0 Å². The number of carbonyl (C=O) groups excluding carboxylic acids is 2. The molecule has 1 aromatic carbocycles. The average molecular weight is 245 g/mol. The van der Waals surface area contributed by atoms with Crippen molar-refractivity contribution >= 4 is 17.5 Å². The van der Waals surface area contributed by atoms with Crippen LogP contribution in [0.4, 0.5) is 5.69 Å². The number of para-hydroxylation sites is 1. The third-order valence-corrected chi connectivity index (χ3v) is 3.65. The molecule has 1 aliphatic rings. The minimum atomic E-state index is -0.178. The molecule has 1 aromatic rings. The fraction of sp³-hybridized carbons (Fsp3) is 0.467. The molecule has 0 spiro atoms. The maximum atomic E-state index is 12.4. The standard InChI is InChI=1S/C15H19NO2/c1-4-12-13(10(2)3)15(18)16(14(12)17)11-8-6-5-7-9-11/h5-10,12-13H,4H2,1-3H3. The van der Waals surface area contributed by atoms with Gasteiger partial charge < -0.3 is 0 Å². The number of nitrogens with zero attached hydrogens (tertiary/aromatic N) is 1. The first-order valence-electron chi connectivity index (χ1n) is 6.50. The highest BCUT2D eigenvalue weighted by Crippen LogP contribution is 2.36. The van der Waals surface area contributed by atoms with Gasteiger partial charge in [-0.2, -0.15) is 0 Å². The number of benzene rings is 1. The Labute approximate surface area is 108 Å². The Kier molecular flexibility index (Phi) is 3.50. The van der Waals surface area contributed by atoms with Gasteiger partial charge >= 0.3 is 0 Å². The van der Waals surface area contributed by atoms with E-state index in [9.17, 15) is 9.59 Å². The normalized spacial score (nSPS) is 24.1. The zero-order valence-electron chi connectivity index (χ0n) is 11.1. The topological polar surface area (TPSA) is 37.4 Å². The summed E-state index contributed by atoms with van der Waals surface area (Å²) in [6.07, 6.45) is 0.719. The fourth-order valence-electron chi connectivity index (χ4n) is 2.76. The Morgan fingerprint density at radius 2 is 1.72 bits per heavy atom. The van der Waals surface area contributed by atoms with E-state index in [2.05, 4.69) is 0 Å². The molecule has 1 fully saturated rings. The summed E-state index contributed by atoms with van der Waals surface area (Å²) in [6.45, 7) is 5.99. The van der Waals surface area contributed by atoms with E-state index in [0.29, 0.717) is 5.69 Å². The van der Waals surface area contributed by atoms with Gasteiger partial charge in [0.15, 0.2) is 0 Å². The second-order valence-electron chi connectivity index (χ2n) is 5.13. The Morgan fingerprint density at radius 3 is 2.17 bits per heavy atom. The van der Waals surface area contributed by atoms with Gasteiger partial charge in [0.1, 0.15) is 0 Å². The van der Waals surface area contributed by atoms with Crippen LogP contribution in [0.25, 0.3) is 0 Å². The summed E-state index contributed by atoms with van der Waals surface area (Å²) in [7, 11) is 0. The van der Waals surface area contributed by atoms with Crippen molar-refractivity contribution in [3.8, 4) is 0 Å². The lowest BCUT2D eigenvalue weighted by Gasteiger charge is -2.17. The van der Waals surface area contributed by atoms with Gasteiger partial charge in [-0.05, 0) is 24.5 Å². The Hall–Kier alpha value is -1.64. The van der Waals surface area contributed by atoms with E-state index in [0.717, 1.165) is 6.42 Å². The van der Waals surface area contributed by atoms with Gasteiger partial charge in [-0.1, -0.05) is 39.0 Å². The first-order chi connectivity index (χ1) is 8.57. The second kappa shape index (κ2) is 4.92. The average Bonchev–Trinajstić information content (AvgIpc) is 2.61. The van der Waals surface area contributed by atoms with E-state index in [1.807, 2.05) is 51.1 Å². The lowest BCUT2D eigenvalue weighted by molar-refractivity contribution is -0.122. The SMILES string of the molecule is CCC1C(=O)N(c2ccccc2)C(=O)C1C(C)C. The number of hydrogen-bond donors (Lipinski definition) is 0. The van der Waals surface area contributed by atoms with E-state index in [1.54, 1.807) is 0 Å². The van der Waals surface area contributed by atoms with Gasteiger partial charge in [0, 0.05) is 0 Å². The van der Waals surface area contributed by atoms with Crippen molar-refractivity contribution in [1.82, 2.24) is 0 Å². The van der Waals surface area contributed by atoms with Crippen LogP contribution in [0.15, 0.2) is 30.3 Å². The molecule has 2 amide bonds. The van der Waals surface area contributed by atoms with Crippen LogP contribution < -0.4 is 4.90 Å². The molecule has 2 unspecified atom stereocenters. The summed E-state index contributed by atoms with van der Waals surface area (Å²) in [6, 6.07) is 9.20. The summed E-state index contributed by atoms with van der Waals surface area (Å²) >= 11 is 0. The largest absolute Gasteiger partial charge is 0.274 e. The maximum Gasteiger partial charge on any atom is 0.237 e. The molecule has 96 valence electrons. The minimum Gasteiger partial charge on any atom is -0.274 e. The quantitative estimate of drug-likeness (QED) is 0.768. The summed E-state index contributed by atoms with van der Waals surface area (Å²) in [5, 5.41) is 0.